The molecule has 0 unspecified atom stereocenters. The molecule has 3 nitrogen and oxygen atoms in total. The van der Waals surface area contributed by atoms with Crippen LogP contribution in [0.15, 0.2) is 42.5 Å². The third-order valence-corrected chi connectivity index (χ3v) is 3.44. The zero-order chi connectivity index (χ0) is 14.5. The summed E-state index contributed by atoms with van der Waals surface area (Å²) in [4.78, 5) is 11.9. The molecule has 0 atom stereocenters. The molecule has 0 aliphatic carbocycles. The van der Waals surface area contributed by atoms with Gasteiger partial charge in [-0.1, -0.05) is 18.2 Å². The van der Waals surface area contributed by atoms with E-state index in [2.05, 4.69) is 37.4 Å². The van der Waals surface area contributed by atoms with Crippen molar-refractivity contribution in [3.63, 3.8) is 0 Å². The highest BCUT2D eigenvalue weighted by atomic mass is 16.1. The topological polar surface area (TPSA) is 55.1 Å². The molecule has 104 valence electrons. The maximum atomic E-state index is 11.9. The van der Waals surface area contributed by atoms with Crippen LogP contribution in [0, 0.1) is 13.8 Å². The first-order chi connectivity index (χ1) is 9.56. The Labute approximate surface area is 119 Å². The smallest absolute Gasteiger partial charge is 0.251 e. The highest BCUT2D eigenvalue weighted by Crippen LogP contribution is 2.10. The van der Waals surface area contributed by atoms with Crippen LogP contribution in [0.1, 0.15) is 27.0 Å². The summed E-state index contributed by atoms with van der Waals surface area (Å²) >= 11 is 0. The summed E-state index contributed by atoms with van der Waals surface area (Å²) in [7, 11) is 0. The summed E-state index contributed by atoms with van der Waals surface area (Å²) in [5.41, 5.74) is 10.7. The fraction of sp³-hybridized carbons (Fsp3) is 0.235. The largest absolute Gasteiger partial charge is 0.399 e. The lowest BCUT2D eigenvalue weighted by Crippen LogP contribution is -2.25. The van der Waals surface area contributed by atoms with Crippen LogP contribution in [-0.4, -0.2) is 12.5 Å². The van der Waals surface area contributed by atoms with E-state index < -0.39 is 0 Å². The standard InChI is InChI=1S/C17H20N2O/c1-12-3-4-14(11-13(12)2)9-10-19-17(20)15-5-7-16(18)8-6-15/h3-8,11H,9-10,18H2,1-2H3,(H,19,20). The van der Waals surface area contributed by atoms with Crippen LogP contribution in [0.4, 0.5) is 5.69 Å². The van der Waals surface area contributed by atoms with E-state index in [-0.39, 0.29) is 5.91 Å². The molecular formula is C17H20N2O. The van der Waals surface area contributed by atoms with Gasteiger partial charge in [0.25, 0.3) is 5.91 Å². The lowest BCUT2D eigenvalue weighted by atomic mass is 10.0. The Bertz CT molecular complexity index is 603. The van der Waals surface area contributed by atoms with Crippen LogP contribution >= 0.6 is 0 Å². The molecule has 2 rings (SSSR count). The van der Waals surface area contributed by atoms with Gasteiger partial charge in [0, 0.05) is 17.8 Å². The Morgan fingerprint density at radius 2 is 1.75 bits per heavy atom. The summed E-state index contributed by atoms with van der Waals surface area (Å²) in [6.45, 7) is 4.83. The number of rotatable bonds is 4. The zero-order valence-corrected chi connectivity index (χ0v) is 11.9. The van der Waals surface area contributed by atoms with Gasteiger partial charge in [-0.2, -0.15) is 0 Å². The number of hydrogen-bond acceptors (Lipinski definition) is 2. The summed E-state index contributed by atoms with van der Waals surface area (Å²) in [5.74, 6) is -0.0613. The molecule has 2 aromatic carbocycles. The molecule has 2 aromatic rings. The predicted molar refractivity (Wildman–Crippen MR) is 82.8 cm³/mol. The average molecular weight is 268 g/mol. The van der Waals surface area contributed by atoms with Crippen molar-refractivity contribution < 1.29 is 4.79 Å². The molecule has 0 spiro atoms. The van der Waals surface area contributed by atoms with E-state index in [9.17, 15) is 4.79 Å². The van der Waals surface area contributed by atoms with Gasteiger partial charge in [0.05, 0.1) is 0 Å². The van der Waals surface area contributed by atoms with Crippen LogP contribution < -0.4 is 11.1 Å². The molecule has 0 fully saturated rings. The van der Waals surface area contributed by atoms with Crippen LogP contribution in [0.25, 0.3) is 0 Å². The van der Waals surface area contributed by atoms with Crippen molar-refractivity contribution in [2.24, 2.45) is 0 Å². The van der Waals surface area contributed by atoms with Gasteiger partial charge in [-0.05, 0) is 61.2 Å². The Morgan fingerprint density at radius 1 is 1.05 bits per heavy atom. The molecule has 0 aliphatic rings. The summed E-state index contributed by atoms with van der Waals surface area (Å²) in [6, 6.07) is 13.3. The van der Waals surface area contributed by atoms with Gasteiger partial charge in [-0.25, -0.2) is 0 Å². The maximum Gasteiger partial charge on any atom is 0.251 e. The molecule has 0 aliphatic heterocycles. The quantitative estimate of drug-likeness (QED) is 0.838. The lowest BCUT2D eigenvalue weighted by Gasteiger charge is -2.07. The summed E-state index contributed by atoms with van der Waals surface area (Å²) < 4.78 is 0. The molecule has 0 heterocycles. The Morgan fingerprint density at radius 3 is 2.40 bits per heavy atom. The van der Waals surface area contributed by atoms with Crippen LogP contribution in [0.2, 0.25) is 0 Å². The van der Waals surface area contributed by atoms with Gasteiger partial charge in [0.1, 0.15) is 0 Å². The lowest BCUT2D eigenvalue weighted by molar-refractivity contribution is 0.0954. The number of amides is 1. The molecule has 20 heavy (non-hydrogen) atoms. The van der Waals surface area contributed by atoms with Crippen molar-refractivity contribution in [2.75, 3.05) is 12.3 Å². The number of carbonyl (C=O) groups excluding carboxylic acids is 1. The molecule has 0 aromatic heterocycles. The fourth-order valence-corrected chi connectivity index (χ4v) is 2.02. The second kappa shape index (κ2) is 6.24. The number of benzene rings is 2. The number of nitrogens with two attached hydrogens (primary N) is 1. The van der Waals surface area contributed by atoms with Gasteiger partial charge in [-0.3, -0.25) is 4.79 Å². The van der Waals surface area contributed by atoms with E-state index in [1.165, 1.54) is 16.7 Å². The van der Waals surface area contributed by atoms with E-state index >= 15 is 0 Å². The normalized spacial score (nSPS) is 10.3. The predicted octanol–water partition coefficient (Wildman–Crippen LogP) is 2.86. The van der Waals surface area contributed by atoms with E-state index in [4.69, 9.17) is 5.73 Å². The number of carbonyl (C=O) groups is 1. The van der Waals surface area contributed by atoms with Gasteiger partial charge in [-0.15, -0.1) is 0 Å². The minimum atomic E-state index is -0.0613. The molecule has 3 N–H and O–H groups in total. The molecule has 3 heteroatoms. The van der Waals surface area contributed by atoms with Crippen LogP contribution in [0.5, 0.6) is 0 Å². The second-order valence-electron chi connectivity index (χ2n) is 5.05. The molecule has 0 saturated heterocycles. The number of anilines is 1. The average Bonchev–Trinajstić information content (AvgIpc) is 2.43. The zero-order valence-electron chi connectivity index (χ0n) is 11.9. The van der Waals surface area contributed by atoms with Crippen molar-refractivity contribution in [1.29, 1.82) is 0 Å². The number of aryl methyl sites for hydroxylation is 2. The van der Waals surface area contributed by atoms with Crippen molar-refractivity contribution in [1.82, 2.24) is 5.32 Å². The molecule has 0 radical (unpaired) electrons. The van der Waals surface area contributed by atoms with Crippen molar-refractivity contribution >= 4 is 11.6 Å². The third-order valence-electron chi connectivity index (χ3n) is 3.44. The van der Waals surface area contributed by atoms with Crippen LogP contribution in [-0.2, 0) is 6.42 Å². The minimum absolute atomic E-state index is 0.0613. The second-order valence-corrected chi connectivity index (χ2v) is 5.05. The van der Waals surface area contributed by atoms with Gasteiger partial charge in [0.15, 0.2) is 0 Å². The van der Waals surface area contributed by atoms with Crippen LogP contribution in [0.3, 0.4) is 0 Å². The Kier molecular flexibility index (Phi) is 4.41. The monoisotopic (exact) mass is 268 g/mol. The SMILES string of the molecule is Cc1ccc(CCNC(=O)c2ccc(N)cc2)cc1C. The Hall–Kier alpha value is -2.29. The first kappa shape index (κ1) is 14.1. The molecular weight excluding hydrogens is 248 g/mol. The Balaban J connectivity index is 1.87. The van der Waals surface area contributed by atoms with E-state index in [1.807, 2.05) is 0 Å². The van der Waals surface area contributed by atoms with Gasteiger partial charge in [0.2, 0.25) is 0 Å². The number of nitrogens with one attached hydrogen (secondary N) is 1. The van der Waals surface area contributed by atoms with E-state index in [0.717, 1.165) is 6.42 Å². The first-order valence-electron chi connectivity index (χ1n) is 6.76. The number of nitrogen functional groups attached to an aromatic ring is 1. The highest BCUT2D eigenvalue weighted by Gasteiger charge is 2.04. The highest BCUT2D eigenvalue weighted by molar-refractivity contribution is 5.94. The first-order valence-corrected chi connectivity index (χ1v) is 6.76. The maximum absolute atomic E-state index is 11.9. The molecule has 0 bridgehead atoms. The van der Waals surface area contributed by atoms with E-state index in [1.54, 1.807) is 24.3 Å². The fourth-order valence-electron chi connectivity index (χ4n) is 2.02. The number of hydrogen-bond donors (Lipinski definition) is 2. The van der Waals surface area contributed by atoms with E-state index in [0.29, 0.717) is 17.8 Å². The summed E-state index contributed by atoms with van der Waals surface area (Å²) in [5, 5.41) is 2.92. The molecule has 1 amide bonds. The van der Waals surface area contributed by atoms with Gasteiger partial charge < -0.3 is 11.1 Å². The summed E-state index contributed by atoms with van der Waals surface area (Å²) in [6.07, 6.45) is 0.835. The van der Waals surface area contributed by atoms with Crippen molar-refractivity contribution in [2.45, 2.75) is 20.3 Å². The van der Waals surface area contributed by atoms with Gasteiger partial charge >= 0.3 is 0 Å². The molecule has 0 saturated carbocycles. The third kappa shape index (κ3) is 3.60. The van der Waals surface area contributed by atoms with Crippen molar-refractivity contribution in [3.05, 3.63) is 64.7 Å². The minimum Gasteiger partial charge on any atom is -0.399 e. The van der Waals surface area contributed by atoms with Crippen molar-refractivity contribution in [3.8, 4) is 0 Å².